The molecule has 3 nitrogen and oxygen atoms in total. The van der Waals surface area contributed by atoms with Gasteiger partial charge in [0.2, 0.25) is 0 Å². The Kier molecular flexibility index (Phi) is 2.33. The van der Waals surface area contributed by atoms with Gasteiger partial charge in [-0.05, 0) is 37.1 Å². The predicted molar refractivity (Wildman–Crippen MR) is 65.9 cm³/mol. The molecule has 1 aromatic carbocycles. The summed E-state index contributed by atoms with van der Waals surface area (Å²) in [5.74, 6) is 0. The van der Waals surface area contributed by atoms with E-state index in [2.05, 4.69) is 35.4 Å². The number of fused-ring (bicyclic) bond motifs is 1. The molecule has 1 fully saturated rings. The predicted octanol–water partition coefficient (Wildman–Crippen LogP) is 2.68. The van der Waals surface area contributed by atoms with E-state index in [1.54, 1.807) is 0 Å². The van der Waals surface area contributed by atoms with Gasteiger partial charge in [0, 0.05) is 18.2 Å². The molecule has 2 N–H and O–H groups in total. The molecule has 3 heteroatoms. The van der Waals surface area contributed by atoms with Crippen molar-refractivity contribution in [3.05, 3.63) is 30.0 Å². The first-order valence-corrected chi connectivity index (χ1v) is 5.75. The quantitative estimate of drug-likeness (QED) is 0.809. The van der Waals surface area contributed by atoms with Crippen molar-refractivity contribution in [3.63, 3.8) is 0 Å². The molecule has 0 amide bonds. The molecular weight excluding hydrogens is 200 g/mol. The molecule has 1 saturated heterocycles. The van der Waals surface area contributed by atoms with E-state index in [4.69, 9.17) is 4.74 Å². The summed E-state index contributed by atoms with van der Waals surface area (Å²) in [7, 11) is 0. The number of anilines is 1. The molecule has 16 heavy (non-hydrogen) atoms. The zero-order valence-corrected chi connectivity index (χ0v) is 9.42. The van der Waals surface area contributed by atoms with Crippen molar-refractivity contribution in [2.24, 2.45) is 0 Å². The van der Waals surface area contributed by atoms with Gasteiger partial charge in [-0.1, -0.05) is 0 Å². The average molecular weight is 216 g/mol. The van der Waals surface area contributed by atoms with Crippen molar-refractivity contribution in [3.8, 4) is 0 Å². The smallest absolute Gasteiger partial charge is 0.0689 e. The Morgan fingerprint density at radius 2 is 2.38 bits per heavy atom. The molecule has 84 valence electrons. The minimum Gasteiger partial charge on any atom is -0.379 e. The van der Waals surface area contributed by atoms with Crippen molar-refractivity contribution in [2.75, 3.05) is 18.5 Å². The highest BCUT2D eigenvalue weighted by Gasteiger charge is 2.16. The largest absolute Gasteiger partial charge is 0.379 e. The number of hydrogen-bond acceptors (Lipinski definition) is 2. The third-order valence-corrected chi connectivity index (χ3v) is 3.09. The van der Waals surface area contributed by atoms with Crippen LogP contribution in [0.15, 0.2) is 24.4 Å². The van der Waals surface area contributed by atoms with Crippen molar-refractivity contribution >= 4 is 16.6 Å². The number of ether oxygens (including phenoxy) is 1. The zero-order valence-electron chi connectivity index (χ0n) is 9.42. The Hall–Kier alpha value is -1.48. The minimum absolute atomic E-state index is 0.452. The molecule has 1 unspecified atom stereocenters. The molecule has 3 rings (SSSR count). The molecule has 2 heterocycles. The summed E-state index contributed by atoms with van der Waals surface area (Å²) in [5.41, 5.74) is 3.67. The van der Waals surface area contributed by atoms with Crippen LogP contribution in [0.2, 0.25) is 0 Å². The number of H-pyrrole nitrogens is 1. The molecular formula is C13H16N2O. The molecule has 0 radical (unpaired) electrons. The molecule has 0 spiro atoms. The first kappa shape index (κ1) is 9.73. The van der Waals surface area contributed by atoms with Gasteiger partial charge in [0.1, 0.15) is 0 Å². The van der Waals surface area contributed by atoms with Crippen LogP contribution in [-0.2, 0) is 4.74 Å². The van der Waals surface area contributed by atoms with Gasteiger partial charge in [0.05, 0.1) is 23.9 Å². The van der Waals surface area contributed by atoms with E-state index in [-0.39, 0.29) is 0 Å². The SMILES string of the molecule is Cc1cc(NC2CCOC2)c2[nH]ccc2c1. The maximum absolute atomic E-state index is 5.38. The summed E-state index contributed by atoms with van der Waals surface area (Å²) in [6.07, 6.45) is 3.08. The van der Waals surface area contributed by atoms with Gasteiger partial charge in [-0.25, -0.2) is 0 Å². The summed E-state index contributed by atoms with van der Waals surface area (Å²) < 4.78 is 5.38. The fourth-order valence-corrected chi connectivity index (χ4v) is 2.30. The number of aromatic amines is 1. The lowest BCUT2D eigenvalue weighted by molar-refractivity contribution is 0.195. The highest BCUT2D eigenvalue weighted by atomic mass is 16.5. The fourth-order valence-electron chi connectivity index (χ4n) is 2.30. The second kappa shape index (κ2) is 3.83. The van der Waals surface area contributed by atoms with Crippen molar-refractivity contribution in [2.45, 2.75) is 19.4 Å². The number of hydrogen-bond donors (Lipinski definition) is 2. The van der Waals surface area contributed by atoms with E-state index in [0.29, 0.717) is 6.04 Å². The van der Waals surface area contributed by atoms with Crippen LogP contribution in [0.4, 0.5) is 5.69 Å². The van der Waals surface area contributed by atoms with Gasteiger partial charge in [-0.2, -0.15) is 0 Å². The maximum Gasteiger partial charge on any atom is 0.0689 e. The molecule has 1 aliphatic heterocycles. The van der Waals surface area contributed by atoms with Gasteiger partial charge >= 0.3 is 0 Å². The average Bonchev–Trinajstić information content (AvgIpc) is 2.87. The molecule has 1 aromatic heterocycles. The number of aryl methyl sites for hydroxylation is 1. The number of benzene rings is 1. The Morgan fingerprint density at radius 3 is 3.19 bits per heavy atom. The molecule has 0 saturated carbocycles. The minimum atomic E-state index is 0.452. The lowest BCUT2D eigenvalue weighted by atomic mass is 10.1. The lowest BCUT2D eigenvalue weighted by Crippen LogP contribution is -2.19. The normalized spacial score (nSPS) is 20.4. The van der Waals surface area contributed by atoms with Crippen LogP contribution in [0.1, 0.15) is 12.0 Å². The number of nitrogens with one attached hydrogen (secondary N) is 2. The highest BCUT2D eigenvalue weighted by Crippen LogP contribution is 2.25. The highest BCUT2D eigenvalue weighted by molar-refractivity contribution is 5.91. The van der Waals surface area contributed by atoms with Gasteiger partial charge in [-0.15, -0.1) is 0 Å². The van der Waals surface area contributed by atoms with Crippen LogP contribution < -0.4 is 5.32 Å². The van der Waals surface area contributed by atoms with Crippen LogP contribution in [0, 0.1) is 6.92 Å². The molecule has 2 aromatic rings. The number of rotatable bonds is 2. The first-order chi connectivity index (χ1) is 7.83. The summed E-state index contributed by atoms with van der Waals surface area (Å²) in [6.45, 7) is 3.82. The third kappa shape index (κ3) is 1.67. The first-order valence-electron chi connectivity index (χ1n) is 5.75. The van der Waals surface area contributed by atoms with Gasteiger partial charge in [0.25, 0.3) is 0 Å². The second-order valence-corrected chi connectivity index (χ2v) is 4.46. The third-order valence-electron chi connectivity index (χ3n) is 3.09. The van der Waals surface area contributed by atoms with Gasteiger partial charge in [0.15, 0.2) is 0 Å². The molecule has 1 atom stereocenters. The standard InChI is InChI=1S/C13H16N2O/c1-9-6-10-2-4-14-13(10)12(7-9)15-11-3-5-16-8-11/h2,4,6-7,11,14-15H,3,5,8H2,1H3. The Morgan fingerprint density at radius 1 is 1.44 bits per heavy atom. The second-order valence-electron chi connectivity index (χ2n) is 4.46. The van der Waals surface area contributed by atoms with Crippen LogP contribution >= 0.6 is 0 Å². The maximum atomic E-state index is 5.38. The molecule has 0 bridgehead atoms. The van der Waals surface area contributed by atoms with Gasteiger partial charge in [-0.3, -0.25) is 0 Å². The van der Waals surface area contributed by atoms with Crippen LogP contribution in [0.25, 0.3) is 10.9 Å². The summed E-state index contributed by atoms with van der Waals surface area (Å²) in [6, 6.07) is 6.95. The lowest BCUT2D eigenvalue weighted by Gasteiger charge is -2.13. The number of aromatic nitrogens is 1. The van der Waals surface area contributed by atoms with E-state index in [1.807, 2.05) is 6.20 Å². The fraction of sp³-hybridized carbons (Fsp3) is 0.385. The summed E-state index contributed by atoms with van der Waals surface area (Å²) >= 11 is 0. The van der Waals surface area contributed by atoms with Crippen LogP contribution in [0.3, 0.4) is 0 Å². The summed E-state index contributed by atoms with van der Waals surface area (Å²) in [4.78, 5) is 3.29. The van der Waals surface area contributed by atoms with Crippen molar-refractivity contribution in [1.82, 2.24) is 4.98 Å². The van der Waals surface area contributed by atoms with E-state index in [1.165, 1.54) is 22.2 Å². The molecule has 1 aliphatic rings. The summed E-state index contributed by atoms with van der Waals surface area (Å²) in [5, 5.41) is 4.82. The Balaban J connectivity index is 1.97. The zero-order chi connectivity index (χ0) is 11.0. The van der Waals surface area contributed by atoms with Crippen molar-refractivity contribution < 1.29 is 4.74 Å². The Bertz CT molecular complexity index is 498. The monoisotopic (exact) mass is 216 g/mol. The van der Waals surface area contributed by atoms with Crippen LogP contribution in [0.5, 0.6) is 0 Å². The Labute approximate surface area is 94.8 Å². The van der Waals surface area contributed by atoms with E-state index in [0.717, 1.165) is 19.6 Å². The van der Waals surface area contributed by atoms with E-state index in [9.17, 15) is 0 Å². The van der Waals surface area contributed by atoms with Gasteiger partial charge < -0.3 is 15.0 Å². The van der Waals surface area contributed by atoms with Crippen molar-refractivity contribution in [1.29, 1.82) is 0 Å². The van der Waals surface area contributed by atoms with Crippen LogP contribution in [-0.4, -0.2) is 24.2 Å². The topological polar surface area (TPSA) is 37.0 Å². The van der Waals surface area contributed by atoms with E-state index >= 15 is 0 Å². The van der Waals surface area contributed by atoms with E-state index < -0.39 is 0 Å². The molecule has 0 aliphatic carbocycles.